The predicted octanol–water partition coefficient (Wildman–Crippen LogP) is 5.82. The number of allylic oxidation sites excluding steroid dienone is 1. The third-order valence-electron chi connectivity index (χ3n) is 9.03. The molecule has 1 aliphatic carbocycles. The zero-order valence-electron chi connectivity index (χ0n) is 24.5. The highest BCUT2D eigenvalue weighted by atomic mass is 16.4. The Morgan fingerprint density at radius 2 is 1.59 bits per heavy atom. The van der Waals surface area contributed by atoms with Gasteiger partial charge in [-0.2, -0.15) is 0 Å². The monoisotopic (exact) mass is 551 g/mol. The van der Waals surface area contributed by atoms with Crippen molar-refractivity contribution >= 4 is 12.2 Å². The lowest BCUT2D eigenvalue weighted by Gasteiger charge is -2.26. The summed E-state index contributed by atoms with van der Waals surface area (Å²) in [5.74, 6) is -1.16. The molecule has 226 valence electrons. The highest BCUT2D eigenvalue weighted by Gasteiger charge is 2.44. The number of aliphatic carboxylic acids is 1. The Bertz CT molecular complexity index is 740. The summed E-state index contributed by atoms with van der Waals surface area (Å²) < 4.78 is 0. The first-order valence-electron chi connectivity index (χ1n) is 15.9. The number of carbonyl (C=O) groups is 1. The van der Waals surface area contributed by atoms with Gasteiger partial charge in [-0.05, 0) is 81.6 Å². The third kappa shape index (κ3) is 13.3. The molecule has 6 unspecified atom stereocenters. The fraction of sp³-hybridized carbons (Fsp3) is 0.875. The first-order chi connectivity index (χ1) is 18.8. The van der Waals surface area contributed by atoms with Gasteiger partial charge in [0.2, 0.25) is 0 Å². The maximum Gasteiger partial charge on any atom is 0.309 e. The zero-order chi connectivity index (χ0) is 28.5. The normalized spacial score (nSPS) is 25.1. The molecule has 7 heteroatoms. The lowest BCUT2D eigenvalue weighted by Crippen LogP contribution is -2.32. The van der Waals surface area contributed by atoms with E-state index in [1.54, 1.807) is 0 Å². The first-order valence-corrected chi connectivity index (χ1v) is 15.9. The molecule has 7 nitrogen and oxygen atoms in total. The average Bonchev–Trinajstić information content (AvgIpc) is 3.53. The molecule has 39 heavy (non-hydrogen) atoms. The van der Waals surface area contributed by atoms with Crippen molar-refractivity contribution in [1.82, 2.24) is 0 Å². The van der Waals surface area contributed by atoms with Crippen molar-refractivity contribution in [3.63, 3.8) is 0 Å². The number of aliphatic hydroxyl groups is 4. The van der Waals surface area contributed by atoms with Gasteiger partial charge in [-0.25, -0.2) is 0 Å². The van der Waals surface area contributed by atoms with E-state index in [1.807, 2.05) is 6.21 Å². The summed E-state index contributed by atoms with van der Waals surface area (Å²) >= 11 is 0. The molecule has 2 aliphatic rings. The fourth-order valence-electron chi connectivity index (χ4n) is 6.68. The Kier molecular flexibility index (Phi) is 16.5. The maximum absolute atomic E-state index is 11.9. The van der Waals surface area contributed by atoms with E-state index in [-0.39, 0.29) is 19.1 Å². The summed E-state index contributed by atoms with van der Waals surface area (Å²) in [5, 5.41) is 51.4. The number of aliphatic hydroxyl groups excluding tert-OH is 3. The molecule has 0 saturated heterocycles. The molecule has 0 bridgehead atoms. The van der Waals surface area contributed by atoms with Gasteiger partial charge in [0.15, 0.2) is 0 Å². The average molecular weight is 552 g/mol. The fourth-order valence-corrected chi connectivity index (χ4v) is 6.68. The lowest BCUT2D eigenvalue weighted by molar-refractivity contribution is -0.146. The molecule has 1 fully saturated rings. The third-order valence-corrected chi connectivity index (χ3v) is 9.03. The summed E-state index contributed by atoms with van der Waals surface area (Å²) in [4.78, 5) is 16.2. The molecule has 5 N–H and O–H groups in total. The standard InChI is InChI=1S/C32H57NO6/c1-2-3-4-5-8-13-28(35)14-9-6-7-10-15-29(31(37)38)30(36)16-18-32(39)22-26(12-11-20-34)27(23-32)21-25-17-19-33-24-25/h17,24,26-30,34-36,39H,2-16,18-23H2,1H3,(H,37,38). The van der Waals surface area contributed by atoms with Gasteiger partial charge in [0.1, 0.15) is 0 Å². The van der Waals surface area contributed by atoms with E-state index < -0.39 is 23.6 Å². The lowest BCUT2D eigenvalue weighted by atomic mass is 9.86. The smallest absolute Gasteiger partial charge is 0.309 e. The Morgan fingerprint density at radius 3 is 2.18 bits per heavy atom. The highest BCUT2D eigenvalue weighted by molar-refractivity contribution is 5.80. The molecule has 0 aromatic rings. The molecule has 1 heterocycles. The van der Waals surface area contributed by atoms with Crippen LogP contribution in [0.5, 0.6) is 0 Å². The molecule has 2 rings (SSSR count). The molecule has 0 spiro atoms. The summed E-state index contributed by atoms with van der Waals surface area (Å²) in [6, 6.07) is 0. The van der Waals surface area contributed by atoms with Gasteiger partial charge in [-0.1, -0.05) is 70.8 Å². The van der Waals surface area contributed by atoms with Gasteiger partial charge in [0.25, 0.3) is 0 Å². The van der Waals surface area contributed by atoms with Gasteiger partial charge in [0, 0.05) is 12.8 Å². The summed E-state index contributed by atoms with van der Waals surface area (Å²) in [6.45, 7) is 3.06. The molecule has 1 saturated carbocycles. The largest absolute Gasteiger partial charge is 0.481 e. The Morgan fingerprint density at radius 1 is 0.949 bits per heavy atom. The SMILES string of the molecule is CCCCCCCC(O)CCCCCCC(C(=O)O)C(O)CCC1(O)CC(CCCO)C(CC2=CCN=C2)C1. The Labute approximate surface area is 236 Å². The van der Waals surface area contributed by atoms with Gasteiger partial charge >= 0.3 is 5.97 Å². The molecule has 0 aromatic heterocycles. The van der Waals surface area contributed by atoms with Crippen LogP contribution >= 0.6 is 0 Å². The quantitative estimate of drug-likeness (QED) is 0.102. The van der Waals surface area contributed by atoms with E-state index in [2.05, 4.69) is 18.0 Å². The number of hydrogen-bond donors (Lipinski definition) is 5. The number of rotatable bonds is 23. The second kappa shape index (κ2) is 19.0. The predicted molar refractivity (Wildman–Crippen MR) is 157 cm³/mol. The van der Waals surface area contributed by atoms with Crippen molar-refractivity contribution in [2.24, 2.45) is 22.7 Å². The van der Waals surface area contributed by atoms with Crippen molar-refractivity contribution in [3.8, 4) is 0 Å². The Hall–Kier alpha value is -1.28. The molecule has 1 aliphatic heterocycles. The summed E-state index contributed by atoms with van der Waals surface area (Å²) in [7, 11) is 0. The topological polar surface area (TPSA) is 131 Å². The summed E-state index contributed by atoms with van der Waals surface area (Å²) in [6.07, 6.45) is 18.9. The second-order valence-corrected chi connectivity index (χ2v) is 12.4. The molecular weight excluding hydrogens is 494 g/mol. The van der Waals surface area contributed by atoms with Crippen molar-refractivity contribution in [3.05, 3.63) is 11.6 Å². The van der Waals surface area contributed by atoms with E-state index in [1.165, 1.54) is 31.3 Å². The highest BCUT2D eigenvalue weighted by Crippen LogP contribution is 2.47. The van der Waals surface area contributed by atoms with Crippen LogP contribution in [0.3, 0.4) is 0 Å². The molecule has 0 radical (unpaired) electrons. The van der Waals surface area contributed by atoms with Crippen molar-refractivity contribution < 1.29 is 30.3 Å². The first kappa shape index (κ1) is 33.9. The molecule has 0 aromatic carbocycles. The van der Waals surface area contributed by atoms with Gasteiger partial charge in [-0.3, -0.25) is 9.79 Å². The Balaban J connectivity index is 1.70. The van der Waals surface area contributed by atoms with Gasteiger partial charge < -0.3 is 25.5 Å². The maximum atomic E-state index is 11.9. The number of carboxylic acids is 1. The van der Waals surface area contributed by atoms with Crippen molar-refractivity contribution in [1.29, 1.82) is 0 Å². The zero-order valence-corrected chi connectivity index (χ0v) is 24.5. The summed E-state index contributed by atoms with van der Waals surface area (Å²) in [5.41, 5.74) is 0.309. The molecule has 6 atom stereocenters. The van der Waals surface area contributed by atoms with E-state index in [9.17, 15) is 30.3 Å². The number of unbranched alkanes of at least 4 members (excludes halogenated alkanes) is 7. The van der Waals surface area contributed by atoms with E-state index in [0.717, 1.165) is 64.3 Å². The van der Waals surface area contributed by atoms with Gasteiger partial charge in [0.05, 0.1) is 30.3 Å². The molecular formula is C32H57NO6. The van der Waals surface area contributed by atoms with E-state index in [0.29, 0.717) is 43.9 Å². The number of hydrogen-bond acceptors (Lipinski definition) is 6. The second-order valence-electron chi connectivity index (χ2n) is 12.4. The van der Waals surface area contributed by atoms with Crippen LogP contribution in [0.15, 0.2) is 16.6 Å². The number of carboxylic acid groups (broad SMARTS) is 1. The van der Waals surface area contributed by atoms with Crippen LogP contribution in [0, 0.1) is 17.8 Å². The van der Waals surface area contributed by atoms with Crippen LogP contribution < -0.4 is 0 Å². The van der Waals surface area contributed by atoms with Crippen LogP contribution in [0.25, 0.3) is 0 Å². The van der Waals surface area contributed by atoms with Crippen LogP contribution in [0.1, 0.15) is 129 Å². The van der Waals surface area contributed by atoms with Crippen molar-refractivity contribution in [2.45, 2.75) is 147 Å². The van der Waals surface area contributed by atoms with E-state index >= 15 is 0 Å². The molecule has 0 amide bonds. The minimum Gasteiger partial charge on any atom is -0.481 e. The minimum atomic E-state index is -0.972. The number of aliphatic imine (C=N–C) groups is 1. The van der Waals surface area contributed by atoms with E-state index in [4.69, 9.17) is 0 Å². The van der Waals surface area contributed by atoms with Crippen LogP contribution in [-0.4, -0.2) is 68.7 Å². The number of nitrogens with zero attached hydrogens (tertiary/aromatic N) is 1. The van der Waals surface area contributed by atoms with Crippen LogP contribution in [-0.2, 0) is 4.79 Å². The van der Waals surface area contributed by atoms with Crippen LogP contribution in [0.2, 0.25) is 0 Å². The van der Waals surface area contributed by atoms with Crippen LogP contribution in [0.4, 0.5) is 0 Å². The minimum absolute atomic E-state index is 0.143. The van der Waals surface area contributed by atoms with Crippen molar-refractivity contribution in [2.75, 3.05) is 13.2 Å². The van der Waals surface area contributed by atoms with Gasteiger partial charge in [-0.15, -0.1) is 0 Å².